The van der Waals surface area contributed by atoms with Gasteiger partial charge < -0.3 is 10.5 Å². The molecule has 3 heterocycles. The van der Waals surface area contributed by atoms with Crippen molar-refractivity contribution in [1.82, 2.24) is 9.29 Å². The Morgan fingerprint density at radius 2 is 2.18 bits per heavy atom. The van der Waals surface area contributed by atoms with Crippen LogP contribution in [-0.4, -0.2) is 43.5 Å². The van der Waals surface area contributed by atoms with Crippen molar-refractivity contribution in [2.24, 2.45) is 11.3 Å². The van der Waals surface area contributed by atoms with E-state index in [4.69, 9.17) is 22.1 Å². The normalized spacial score (nSPS) is 30.4. The summed E-state index contributed by atoms with van der Waals surface area (Å²) < 4.78 is 33.3. The van der Waals surface area contributed by atoms with E-state index in [2.05, 4.69) is 4.98 Å². The standard InChI is InChI=1S/C14H18ClN3O3S/c15-9-4-12(13(16)17-5-9)22(19,20)18-8-14(2-1-3-14)10-6-21-7-11(10)18/h4-5,10-11H,1-3,6-8H2,(H2,16,17)/t10-,11+/m1/s1. The van der Waals surface area contributed by atoms with Gasteiger partial charge in [-0.05, 0) is 24.3 Å². The second-order valence-electron chi connectivity index (χ2n) is 6.51. The van der Waals surface area contributed by atoms with Gasteiger partial charge in [-0.2, -0.15) is 4.31 Å². The lowest BCUT2D eigenvalue weighted by Crippen LogP contribution is -2.40. The lowest BCUT2D eigenvalue weighted by atomic mass is 9.62. The molecule has 1 spiro atoms. The van der Waals surface area contributed by atoms with E-state index in [9.17, 15) is 8.42 Å². The molecular formula is C14H18ClN3O3S. The fourth-order valence-electron chi connectivity index (χ4n) is 4.14. The van der Waals surface area contributed by atoms with Crippen molar-refractivity contribution >= 4 is 27.4 Å². The molecule has 0 bridgehead atoms. The average molecular weight is 344 g/mol. The van der Waals surface area contributed by atoms with Crippen LogP contribution >= 0.6 is 11.6 Å². The number of pyridine rings is 1. The first-order chi connectivity index (χ1) is 10.4. The number of anilines is 1. The van der Waals surface area contributed by atoms with Gasteiger partial charge in [0.05, 0.1) is 24.3 Å². The smallest absolute Gasteiger partial charge is 0.247 e. The molecule has 3 aliphatic rings. The summed E-state index contributed by atoms with van der Waals surface area (Å²) in [6.07, 6.45) is 4.67. The largest absolute Gasteiger partial charge is 0.383 e. The van der Waals surface area contributed by atoms with E-state index in [0.29, 0.717) is 25.7 Å². The average Bonchev–Trinajstić information content (AvgIpc) is 3.00. The first-order valence-electron chi connectivity index (χ1n) is 7.45. The van der Waals surface area contributed by atoms with Crippen LogP contribution in [-0.2, 0) is 14.8 Å². The van der Waals surface area contributed by atoms with Gasteiger partial charge in [-0.1, -0.05) is 18.0 Å². The molecule has 0 amide bonds. The summed E-state index contributed by atoms with van der Waals surface area (Å²) in [6, 6.07) is 1.29. The zero-order valence-electron chi connectivity index (χ0n) is 12.0. The zero-order chi connectivity index (χ0) is 15.5. The number of nitrogen functional groups attached to an aromatic ring is 1. The Labute approximate surface area is 134 Å². The Hall–Kier alpha value is -0.890. The highest BCUT2D eigenvalue weighted by molar-refractivity contribution is 7.89. The van der Waals surface area contributed by atoms with Crippen LogP contribution in [0.3, 0.4) is 0 Å². The lowest BCUT2D eigenvalue weighted by Gasteiger charge is -2.42. The maximum Gasteiger partial charge on any atom is 0.247 e. The van der Waals surface area contributed by atoms with Gasteiger partial charge in [-0.25, -0.2) is 13.4 Å². The number of nitrogens with two attached hydrogens (primary N) is 1. The Morgan fingerprint density at radius 1 is 1.41 bits per heavy atom. The van der Waals surface area contributed by atoms with Gasteiger partial charge in [0.2, 0.25) is 10.0 Å². The van der Waals surface area contributed by atoms with Crippen molar-refractivity contribution < 1.29 is 13.2 Å². The maximum absolute atomic E-state index is 13.1. The number of ether oxygens (including phenoxy) is 1. The molecule has 1 aliphatic carbocycles. The summed E-state index contributed by atoms with van der Waals surface area (Å²) in [5.74, 6) is 0.291. The van der Waals surface area contributed by atoms with E-state index in [0.717, 1.165) is 19.3 Å². The fraction of sp³-hybridized carbons (Fsp3) is 0.643. The molecule has 1 saturated carbocycles. The minimum absolute atomic E-state index is 0.00187. The molecule has 4 rings (SSSR count). The number of sulfonamides is 1. The van der Waals surface area contributed by atoms with Gasteiger partial charge in [0.25, 0.3) is 0 Å². The molecule has 22 heavy (non-hydrogen) atoms. The van der Waals surface area contributed by atoms with Crippen LogP contribution in [0.5, 0.6) is 0 Å². The van der Waals surface area contributed by atoms with Crippen molar-refractivity contribution in [3.63, 3.8) is 0 Å². The van der Waals surface area contributed by atoms with Gasteiger partial charge in [0, 0.05) is 18.7 Å². The van der Waals surface area contributed by atoms with E-state index in [-0.39, 0.29) is 27.2 Å². The quantitative estimate of drug-likeness (QED) is 0.879. The van der Waals surface area contributed by atoms with E-state index in [1.807, 2.05) is 0 Å². The highest BCUT2D eigenvalue weighted by Gasteiger charge is 2.60. The van der Waals surface area contributed by atoms with Crippen LogP contribution < -0.4 is 5.73 Å². The molecular weight excluding hydrogens is 326 g/mol. The second-order valence-corrected chi connectivity index (χ2v) is 8.81. The third-order valence-electron chi connectivity index (χ3n) is 5.46. The van der Waals surface area contributed by atoms with Crippen molar-refractivity contribution in [3.8, 4) is 0 Å². The van der Waals surface area contributed by atoms with Crippen LogP contribution in [0.4, 0.5) is 5.82 Å². The molecule has 0 aromatic carbocycles. The van der Waals surface area contributed by atoms with Crippen molar-refractivity contribution in [1.29, 1.82) is 0 Å². The number of nitrogens with zero attached hydrogens (tertiary/aromatic N) is 2. The SMILES string of the molecule is Nc1ncc(Cl)cc1S(=O)(=O)N1CC2(CCC2)[C@@H]2COC[C@@H]21. The highest BCUT2D eigenvalue weighted by atomic mass is 35.5. The first kappa shape index (κ1) is 14.7. The number of hydrogen-bond donors (Lipinski definition) is 1. The number of halogens is 1. The fourth-order valence-corrected chi connectivity index (χ4v) is 6.20. The predicted molar refractivity (Wildman–Crippen MR) is 81.9 cm³/mol. The summed E-state index contributed by atoms with van der Waals surface area (Å²) in [7, 11) is -3.71. The maximum atomic E-state index is 13.1. The third kappa shape index (κ3) is 1.92. The van der Waals surface area contributed by atoms with E-state index in [1.165, 1.54) is 12.3 Å². The summed E-state index contributed by atoms with van der Waals surface area (Å²) in [5, 5.41) is 0.268. The highest BCUT2D eigenvalue weighted by Crippen LogP contribution is 2.56. The number of fused-ring (bicyclic) bond motifs is 2. The summed E-state index contributed by atoms with van der Waals surface area (Å²) in [4.78, 5) is 3.88. The molecule has 2 N–H and O–H groups in total. The molecule has 3 fully saturated rings. The molecule has 0 radical (unpaired) electrons. The number of hydrogen-bond acceptors (Lipinski definition) is 5. The van der Waals surface area contributed by atoms with E-state index < -0.39 is 10.0 Å². The van der Waals surface area contributed by atoms with Gasteiger partial charge >= 0.3 is 0 Å². The van der Waals surface area contributed by atoms with E-state index >= 15 is 0 Å². The second kappa shape index (κ2) is 4.80. The van der Waals surface area contributed by atoms with Gasteiger partial charge in [-0.3, -0.25) is 0 Å². The number of rotatable bonds is 2. The predicted octanol–water partition coefficient (Wildman–Crippen LogP) is 1.51. The van der Waals surface area contributed by atoms with Crippen LogP contribution in [0.2, 0.25) is 5.02 Å². The molecule has 1 aromatic rings. The topological polar surface area (TPSA) is 85.5 Å². The molecule has 0 unspecified atom stereocenters. The van der Waals surface area contributed by atoms with E-state index in [1.54, 1.807) is 4.31 Å². The minimum atomic E-state index is -3.71. The Kier molecular flexibility index (Phi) is 3.21. The molecule has 2 atom stereocenters. The molecule has 8 heteroatoms. The summed E-state index contributed by atoms with van der Waals surface area (Å²) in [5.41, 5.74) is 5.88. The van der Waals surface area contributed by atoms with Crippen molar-refractivity contribution in [3.05, 3.63) is 17.3 Å². The Morgan fingerprint density at radius 3 is 2.86 bits per heavy atom. The molecule has 2 saturated heterocycles. The minimum Gasteiger partial charge on any atom is -0.383 e. The van der Waals surface area contributed by atoms with Crippen LogP contribution in [0.1, 0.15) is 19.3 Å². The van der Waals surface area contributed by atoms with Crippen LogP contribution in [0.15, 0.2) is 17.2 Å². The van der Waals surface area contributed by atoms with Gasteiger partial charge in [0.1, 0.15) is 10.7 Å². The summed E-state index contributed by atoms with van der Waals surface area (Å²) >= 11 is 5.91. The lowest BCUT2D eigenvalue weighted by molar-refractivity contribution is 0.0601. The summed E-state index contributed by atoms with van der Waals surface area (Å²) in [6.45, 7) is 1.67. The van der Waals surface area contributed by atoms with Crippen LogP contribution in [0, 0.1) is 11.3 Å². The van der Waals surface area contributed by atoms with Crippen molar-refractivity contribution in [2.45, 2.75) is 30.2 Å². The molecule has 2 aliphatic heterocycles. The van der Waals surface area contributed by atoms with Crippen molar-refractivity contribution in [2.75, 3.05) is 25.5 Å². The van der Waals surface area contributed by atoms with Crippen LogP contribution in [0.25, 0.3) is 0 Å². The molecule has 120 valence electrons. The Balaban J connectivity index is 1.76. The molecule has 6 nitrogen and oxygen atoms in total. The first-order valence-corrected chi connectivity index (χ1v) is 9.26. The molecule has 1 aromatic heterocycles. The monoisotopic (exact) mass is 343 g/mol. The zero-order valence-corrected chi connectivity index (χ0v) is 13.6. The third-order valence-corrected chi connectivity index (χ3v) is 7.57. The Bertz CT molecular complexity index is 720. The number of aromatic nitrogens is 1. The van der Waals surface area contributed by atoms with Gasteiger partial charge in [-0.15, -0.1) is 0 Å². The van der Waals surface area contributed by atoms with Gasteiger partial charge in [0.15, 0.2) is 0 Å².